The first kappa shape index (κ1) is 10.7. The molecule has 0 amide bonds. The molecule has 1 aliphatic carbocycles. The number of benzene rings is 1. The molecule has 0 saturated heterocycles. The molecule has 0 radical (unpaired) electrons. The van der Waals surface area contributed by atoms with Crippen molar-refractivity contribution in [3.05, 3.63) is 57.8 Å². The lowest BCUT2D eigenvalue weighted by atomic mass is 9.96. The van der Waals surface area contributed by atoms with Gasteiger partial charge >= 0.3 is 0 Å². The van der Waals surface area contributed by atoms with Gasteiger partial charge in [-0.05, 0) is 46.4 Å². The number of hydrogen-bond donors (Lipinski definition) is 0. The maximum atomic E-state index is 12.2. The highest BCUT2D eigenvalue weighted by molar-refractivity contribution is 7.07. The fourth-order valence-corrected chi connectivity index (χ4v) is 3.19. The summed E-state index contributed by atoms with van der Waals surface area (Å²) >= 11 is 1.66. The van der Waals surface area contributed by atoms with Crippen LogP contribution in [0.4, 0.5) is 0 Å². The van der Waals surface area contributed by atoms with Crippen LogP contribution >= 0.6 is 11.3 Å². The van der Waals surface area contributed by atoms with Crippen molar-refractivity contribution in [2.45, 2.75) is 19.3 Å². The fraction of sp³-hybridized carbons (Fsp3) is 0.267. The molecule has 1 aromatic carbocycles. The van der Waals surface area contributed by atoms with Crippen LogP contribution in [0.3, 0.4) is 0 Å². The van der Waals surface area contributed by atoms with Crippen LogP contribution in [0, 0.1) is 5.92 Å². The van der Waals surface area contributed by atoms with Crippen LogP contribution in [0.2, 0.25) is 0 Å². The van der Waals surface area contributed by atoms with Crippen LogP contribution in [0.15, 0.2) is 41.1 Å². The molecule has 0 aliphatic heterocycles. The Morgan fingerprint density at radius 1 is 1.18 bits per heavy atom. The van der Waals surface area contributed by atoms with E-state index in [1.165, 1.54) is 11.1 Å². The zero-order valence-corrected chi connectivity index (χ0v) is 10.4. The minimum atomic E-state index is 0.201. The Morgan fingerprint density at radius 3 is 2.47 bits per heavy atom. The molecule has 1 nitrogen and oxygen atoms in total. The predicted octanol–water partition coefficient (Wildman–Crippen LogP) is 3.27. The van der Waals surface area contributed by atoms with Gasteiger partial charge in [-0.3, -0.25) is 4.79 Å². The smallest absolute Gasteiger partial charge is 0.141 e. The largest absolute Gasteiger partial charge is 0.299 e. The van der Waals surface area contributed by atoms with Crippen molar-refractivity contribution in [1.82, 2.24) is 0 Å². The Labute approximate surface area is 105 Å². The summed E-state index contributed by atoms with van der Waals surface area (Å²) in [5, 5.41) is 4.10. The van der Waals surface area contributed by atoms with Crippen LogP contribution < -0.4 is 0 Å². The van der Waals surface area contributed by atoms with Gasteiger partial charge < -0.3 is 0 Å². The third-order valence-electron chi connectivity index (χ3n) is 3.46. The van der Waals surface area contributed by atoms with E-state index in [0.29, 0.717) is 12.2 Å². The van der Waals surface area contributed by atoms with Gasteiger partial charge in [-0.15, -0.1) is 0 Å². The normalized spacial score (nSPS) is 14.8. The lowest BCUT2D eigenvalue weighted by molar-refractivity contribution is -0.121. The molecule has 0 atom stereocenters. The van der Waals surface area contributed by atoms with E-state index in [4.69, 9.17) is 0 Å². The van der Waals surface area contributed by atoms with Gasteiger partial charge in [-0.25, -0.2) is 0 Å². The molecule has 0 spiro atoms. The molecule has 3 rings (SSSR count). The third kappa shape index (κ3) is 2.18. The molecule has 0 saturated carbocycles. The van der Waals surface area contributed by atoms with Gasteiger partial charge in [0.05, 0.1) is 0 Å². The number of fused-ring (bicyclic) bond motifs is 1. The number of ketones is 1. The summed E-state index contributed by atoms with van der Waals surface area (Å²) in [6.07, 6.45) is 2.46. The molecular weight excluding hydrogens is 228 g/mol. The van der Waals surface area contributed by atoms with Crippen molar-refractivity contribution < 1.29 is 4.79 Å². The Hall–Kier alpha value is -1.41. The summed E-state index contributed by atoms with van der Waals surface area (Å²) in [6, 6.07) is 10.5. The van der Waals surface area contributed by atoms with E-state index in [1.54, 1.807) is 11.3 Å². The molecule has 2 aromatic rings. The van der Waals surface area contributed by atoms with Crippen LogP contribution in [-0.2, 0) is 24.1 Å². The molecule has 0 unspecified atom stereocenters. The number of carbonyl (C=O) groups excluding carboxylic acids is 1. The zero-order valence-electron chi connectivity index (χ0n) is 9.56. The molecule has 1 heterocycles. The Bertz CT molecular complexity index is 503. The first-order chi connectivity index (χ1) is 8.33. The second-order valence-electron chi connectivity index (χ2n) is 4.65. The zero-order chi connectivity index (χ0) is 11.7. The Balaban J connectivity index is 1.70. The van der Waals surface area contributed by atoms with Gasteiger partial charge in [0, 0.05) is 12.3 Å². The van der Waals surface area contributed by atoms with E-state index in [2.05, 4.69) is 29.6 Å². The van der Waals surface area contributed by atoms with Gasteiger partial charge in [0.2, 0.25) is 0 Å². The third-order valence-corrected chi connectivity index (χ3v) is 4.20. The van der Waals surface area contributed by atoms with Crippen LogP contribution in [0.25, 0.3) is 0 Å². The monoisotopic (exact) mass is 242 g/mol. The molecule has 2 heteroatoms. The van der Waals surface area contributed by atoms with Gasteiger partial charge in [0.25, 0.3) is 0 Å². The number of carbonyl (C=O) groups is 1. The van der Waals surface area contributed by atoms with Crippen LogP contribution in [-0.4, -0.2) is 5.78 Å². The molecule has 0 N–H and O–H groups in total. The van der Waals surface area contributed by atoms with Crippen molar-refractivity contribution >= 4 is 17.1 Å². The van der Waals surface area contributed by atoms with Gasteiger partial charge in [0.15, 0.2) is 0 Å². The highest BCUT2D eigenvalue weighted by Crippen LogP contribution is 2.28. The molecule has 0 fully saturated rings. The maximum absolute atomic E-state index is 12.2. The van der Waals surface area contributed by atoms with Gasteiger partial charge in [-0.1, -0.05) is 24.3 Å². The van der Waals surface area contributed by atoms with E-state index in [0.717, 1.165) is 18.4 Å². The number of hydrogen-bond acceptors (Lipinski definition) is 2. The summed E-state index contributed by atoms with van der Waals surface area (Å²) in [4.78, 5) is 12.2. The molecule has 1 aliphatic rings. The lowest BCUT2D eigenvalue weighted by Gasteiger charge is -2.06. The highest BCUT2D eigenvalue weighted by Gasteiger charge is 2.26. The second-order valence-corrected chi connectivity index (χ2v) is 5.43. The second kappa shape index (κ2) is 4.46. The van der Waals surface area contributed by atoms with E-state index >= 15 is 0 Å². The van der Waals surface area contributed by atoms with Crippen LogP contribution in [0.1, 0.15) is 16.7 Å². The van der Waals surface area contributed by atoms with Crippen molar-refractivity contribution in [2.75, 3.05) is 0 Å². The van der Waals surface area contributed by atoms with E-state index in [-0.39, 0.29) is 5.92 Å². The van der Waals surface area contributed by atoms with E-state index < -0.39 is 0 Å². The average Bonchev–Trinajstić information content (AvgIpc) is 2.96. The summed E-state index contributed by atoms with van der Waals surface area (Å²) < 4.78 is 0. The lowest BCUT2D eigenvalue weighted by Crippen LogP contribution is -2.16. The van der Waals surface area contributed by atoms with E-state index in [1.807, 2.05) is 11.4 Å². The topological polar surface area (TPSA) is 17.1 Å². The average molecular weight is 242 g/mol. The minimum Gasteiger partial charge on any atom is -0.299 e. The van der Waals surface area contributed by atoms with Crippen molar-refractivity contribution in [1.29, 1.82) is 0 Å². The number of Topliss-reactive ketones (excluding diaryl/α,β-unsaturated/α-hetero) is 1. The first-order valence-electron chi connectivity index (χ1n) is 5.93. The number of rotatable bonds is 3. The van der Waals surface area contributed by atoms with E-state index in [9.17, 15) is 4.79 Å². The Kier molecular flexibility index (Phi) is 2.81. The maximum Gasteiger partial charge on any atom is 0.141 e. The summed E-state index contributed by atoms with van der Waals surface area (Å²) in [6.45, 7) is 0. The predicted molar refractivity (Wildman–Crippen MR) is 70.4 cm³/mol. The fourth-order valence-electron chi connectivity index (χ4n) is 2.53. The first-order valence-corrected chi connectivity index (χ1v) is 6.88. The SMILES string of the molecule is O=C(Cc1ccsc1)C1Cc2ccccc2C1. The number of thiophene rings is 1. The van der Waals surface area contributed by atoms with Crippen molar-refractivity contribution in [3.63, 3.8) is 0 Å². The summed E-state index contributed by atoms with van der Waals surface area (Å²) in [5.74, 6) is 0.590. The Morgan fingerprint density at radius 2 is 1.88 bits per heavy atom. The standard InChI is InChI=1S/C15H14OS/c16-15(7-11-5-6-17-10-11)14-8-12-3-1-2-4-13(12)9-14/h1-6,10,14H,7-9H2. The molecule has 17 heavy (non-hydrogen) atoms. The molecule has 1 aromatic heterocycles. The minimum absolute atomic E-state index is 0.201. The van der Waals surface area contributed by atoms with Crippen molar-refractivity contribution in [2.24, 2.45) is 5.92 Å². The van der Waals surface area contributed by atoms with Crippen molar-refractivity contribution in [3.8, 4) is 0 Å². The van der Waals surface area contributed by atoms with Gasteiger partial charge in [-0.2, -0.15) is 11.3 Å². The summed E-state index contributed by atoms with van der Waals surface area (Å²) in [5.41, 5.74) is 3.88. The highest BCUT2D eigenvalue weighted by atomic mass is 32.1. The molecule has 86 valence electrons. The molecule has 0 bridgehead atoms. The van der Waals surface area contributed by atoms with Crippen LogP contribution in [0.5, 0.6) is 0 Å². The molecular formula is C15H14OS. The quantitative estimate of drug-likeness (QED) is 0.807. The van der Waals surface area contributed by atoms with Gasteiger partial charge in [0.1, 0.15) is 5.78 Å². The summed E-state index contributed by atoms with van der Waals surface area (Å²) in [7, 11) is 0.